The molecule has 0 bridgehead atoms. The third-order valence-corrected chi connectivity index (χ3v) is 2.90. The first-order valence-electron chi connectivity index (χ1n) is 4.93. The molecule has 1 N–H and O–H groups in total. The second-order valence-electron chi connectivity index (χ2n) is 3.13. The summed E-state index contributed by atoms with van der Waals surface area (Å²) < 4.78 is 0. The molecule has 0 aliphatic rings. The molecule has 5 heteroatoms. The predicted molar refractivity (Wildman–Crippen MR) is 63.2 cm³/mol. The summed E-state index contributed by atoms with van der Waals surface area (Å²) in [6, 6.07) is 5.79. The number of rotatable bonds is 4. The van der Waals surface area contributed by atoms with Crippen molar-refractivity contribution in [3.63, 3.8) is 0 Å². The Morgan fingerprint density at radius 3 is 2.62 bits per heavy atom. The van der Waals surface area contributed by atoms with Gasteiger partial charge in [0.2, 0.25) is 0 Å². The van der Waals surface area contributed by atoms with Crippen LogP contribution in [0.1, 0.15) is 5.56 Å². The molecule has 0 atom stereocenters. The molecular weight excluding hydrogens is 220 g/mol. The summed E-state index contributed by atoms with van der Waals surface area (Å²) in [6.07, 6.45) is 5.25. The van der Waals surface area contributed by atoms with Crippen LogP contribution in [0.15, 0.2) is 47.0 Å². The molecule has 2 heterocycles. The minimum Gasteiger partial charge on any atom is -0.316 e. The van der Waals surface area contributed by atoms with E-state index in [1.807, 2.05) is 13.1 Å². The lowest BCUT2D eigenvalue weighted by molar-refractivity contribution is 0.788. The molecule has 0 radical (unpaired) electrons. The number of aromatic nitrogens is 3. The Bertz CT molecular complexity index is 447. The van der Waals surface area contributed by atoms with E-state index in [1.54, 1.807) is 24.7 Å². The highest BCUT2D eigenvalue weighted by molar-refractivity contribution is 7.99. The molecule has 2 rings (SSSR count). The van der Waals surface area contributed by atoms with Gasteiger partial charge in [-0.2, -0.15) is 0 Å². The van der Waals surface area contributed by atoms with Crippen LogP contribution < -0.4 is 5.32 Å². The van der Waals surface area contributed by atoms with Gasteiger partial charge < -0.3 is 5.32 Å². The highest BCUT2D eigenvalue weighted by Crippen LogP contribution is 2.24. The Balaban J connectivity index is 2.21. The van der Waals surface area contributed by atoms with Gasteiger partial charge in [-0.15, -0.1) is 0 Å². The topological polar surface area (TPSA) is 50.7 Å². The van der Waals surface area contributed by atoms with Gasteiger partial charge in [-0.3, -0.25) is 0 Å². The zero-order valence-electron chi connectivity index (χ0n) is 8.92. The van der Waals surface area contributed by atoms with Crippen molar-refractivity contribution in [1.82, 2.24) is 20.3 Å². The van der Waals surface area contributed by atoms with E-state index in [9.17, 15) is 0 Å². The first kappa shape index (κ1) is 11.0. The maximum atomic E-state index is 4.34. The van der Waals surface area contributed by atoms with Gasteiger partial charge in [-0.1, -0.05) is 6.07 Å². The van der Waals surface area contributed by atoms with E-state index >= 15 is 0 Å². The van der Waals surface area contributed by atoms with Crippen molar-refractivity contribution in [2.24, 2.45) is 0 Å². The van der Waals surface area contributed by atoms with Gasteiger partial charge in [0.15, 0.2) is 5.16 Å². The Kier molecular flexibility index (Phi) is 3.85. The first-order valence-corrected chi connectivity index (χ1v) is 5.75. The lowest BCUT2D eigenvalue weighted by Crippen LogP contribution is -2.06. The van der Waals surface area contributed by atoms with E-state index in [4.69, 9.17) is 0 Å². The highest BCUT2D eigenvalue weighted by atomic mass is 32.2. The Labute approximate surface area is 98.6 Å². The number of hydrogen-bond donors (Lipinski definition) is 1. The van der Waals surface area contributed by atoms with Crippen molar-refractivity contribution < 1.29 is 0 Å². The van der Waals surface area contributed by atoms with Crippen LogP contribution in [0.3, 0.4) is 0 Å². The van der Waals surface area contributed by atoms with Crippen molar-refractivity contribution in [2.75, 3.05) is 7.05 Å². The fourth-order valence-electron chi connectivity index (χ4n) is 1.27. The SMILES string of the molecule is CNCc1cccnc1Sc1ncccn1. The largest absolute Gasteiger partial charge is 0.316 e. The van der Waals surface area contributed by atoms with E-state index in [1.165, 1.54) is 11.8 Å². The number of hydrogen-bond acceptors (Lipinski definition) is 5. The molecule has 0 saturated carbocycles. The summed E-state index contributed by atoms with van der Waals surface area (Å²) in [5.41, 5.74) is 1.16. The van der Waals surface area contributed by atoms with Crippen molar-refractivity contribution in [3.8, 4) is 0 Å². The van der Waals surface area contributed by atoms with Gasteiger partial charge in [0.25, 0.3) is 0 Å². The molecule has 2 aromatic rings. The summed E-state index contributed by atoms with van der Waals surface area (Å²) in [5.74, 6) is 0. The second kappa shape index (κ2) is 5.58. The van der Waals surface area contributed by atoms with Gasteiger partial charge in [-0.05, 0) is 36.5 Å². The molecule has 0 fully saturated rings. The van der Waals surface area contributed by atoms with Crippen molar-refractivity contribution in [3.05, 3.63) is 42.4 Å². The molecule has 2 aromatic heterocycles. The van der Waals surface area contributed by atoms with Gasteiger partial charge >= 0.3 is 0 Å². The first-order chi connectivity index (χ1) is 7.90. The quantitative estimate of drug-likeness (QED) is 0.814. The lowest BCUT2D eigenvalue weighted by Gasteiger charge is -2.05. The molecule has 0 aliphatic heterocycles. The normalized spacial score (nSPS) is 10.3. The van der Waals surface area contributed by atoms with Crippen molar-refractivity contribution >= 4 is 11.8 Å². The van der Waals surface area contributed by atoms with Crippen molar-refractivity contribution in [2.45, 2.75) is 16.7 Å². The number of nitrogens with zero attached hydrogens (tertiary/aromatic N) is 3. The van der Waals surface area contributed by atoms with Gasteiger partial charge in [-0.25, -0.2) is 15.0 Å². The van der Waals surface area contributed by atoms with Crippen LogP contribution in [0.2, 0.25) is 0 Å². The Morgan fingerprint density at radius 2 is 1.88 bits per heavy atom. The van der Waals surface area contributed by atoms with Crippen molar-refractivity contribution in [1.29, 1.82) is 0 Å². The Morgan fingerprint density at radius 1 is 1.12 bits per heavy atom. The zero-order valence-corrected chi connectivity index (χ0v) is 9.74. The molecule has 0 amide bonds. The maximum absolute atomic E-state index is 4.34. The van der Waals surface area contributed by atoms with Gasteiger partial charge in [0, 0.05) is 25.1 Å². The van der Waals surface area contributed by atoms with Crippen LogP contribution in [-0.4, -0.2) is 22.0 Å². The average Bonchev–Trinajstić information content (AvgIpc) is 2.33. The van der Waals surface area contributed by atoms with Gasteiger partial charge in [0.1, 0.15) is 5.03 Å². The minimum absolute atomic E-state index is 0.721. The van der Waals surface area contributed by atoms with E-state index in [-0.39, 0.29) is 0 Å². The molecular formula is C11H12N4S. The second-order valence-corrected chi connectivity index (χ2v) is 4.09. The number of nitrogens with one attached hydrogen (secondary N) is 1. The molecule has 0 saturated heterocycles. The van der Waals surface area contributed by atoms with E-state index in [0.29, 0.717) is 0 Å². The monoisotopic (exact) mass is 232 g/mol. The third kappa shape index (κ3) is 2.77. The van der Waals surface area contributed by atoms with E-state index < -0.39 is 0 Å². The fraction of sp³-hybridized carbons (Fsp3) is 0.182. The summed E-state index contributed by atoms with van der Waals surface area (Å²) in [7, 11) is 1.92. The van der Waals surface area contributed by atoms with Gasteiger partial charge in [0.05, 0.1) is 0 Å². The smallest absolute Gasteiger partial charge is 0.193 e. The molecule has 82 valence electrons. The fourth-order valence-corrected chi connectivity index (χ4v) is 2.05. The maximum Gasteiger partial charge on any atom is 0.193 e. The number of pyridine rings is 1. The van der Waals surface area contributed by atoms with Crippen LogP contribution in [0.4, 0.5) is 0 Å². The molecule has 0 unspecified atom stereocenters. The summed E-state index contributed by atoms with van der Waals surface area (Å²) in [4.78, 5) is 12.7. The zero-order chi connectivity index (χ0) is 11.2. The van der Waals surface area contributed by atoms with Crippen LogP contribution in [0.5, 0.6) is 0 Å². The summed E-state index contributed by atoms with van der Waals surface area (Å²) in [6.45, 7) is 0.795. The predicted octanol–water partition coefficient (Wildman–Crippen LogP) is 1.74. The summed E-state index contributed by atoms with van der Waals surface area (Å²) >= 11 is 1.48. The average molecular weight is 232 g/mol. The standard InChI is InChI=1S/C11H12N4S/c1-12-8-9-4-2-5-13-10(9)16-11-14-6-3-7-15-11/h2-7,12H,8H2,1H3. The molecule has 0 aliphatic carbocycles. The van der Waals surface area contributed by atoms with Crippen LogP contribution in [-0.2, 0) is 6.54 Å². The molecule has 4 nitrogen and oxygen atoms in total. The third-order valence-electron chi connectivity index (χ3n) is 1.95. The van der Waals surface area contributed by atoms with E-state index in [2.05, 4.69) is 26.3 Å². The van der Waals surface area contributed by atoms with Crippen LogP contribution in [0.25, 0.3) is 0 Å². The van der Waals surface area contributed by atoms with Crippen LogP contribution >= 0.6 is 11.8 Å². The van der Waals surface area contributed by atoms with Crippen LogP contribution in [0, 0.1) is 0 Å². The summed E-state index contributed by atoms with van der Waals surface area (Å²) in [5, 5.41) is 4.78. The lowest BCUT2D eigenvalue weighted by atomic mass is 10.3. The molecule has 0 aromatic carbocycles. The minimum atomic E-state index is 0.721. The molecule has 16 heavy (non-hydrogen) atoms. The Hall–Kier alpha value is -1.46. The van der Waals surface area contributed by atoms with E-state index in [0.717, 1.165) is 22.3 Å². The highest BCUT2D eigenvalue weighted by Gasteiger charge is 2.05. The molecule has 0 spiro atoms.